The van der Waals surface area contributed by atoms with E-state index in [4.69, 9.17) is 23.7 Å². The fourth-order valence-corrected chi connectivity index (χ4v) is 5.65. The Labute approximate surface area is 228 Å². The molecule has 10 heteroatoms. The maximum absolute atomic E-state index is 14.0. The molecule has 3 aliphatic rings. The zero-order chi connectivity index (χ0) is 26.2. The summed E-state index contributed by atoms with van der Waals surface area (Å²) in [6, 6.07) is 7.01. The molecule has 6 rings (SSSR count). The highest BCUT2D eigenvalue weighted by atomic mass is 79.9. The van der Waals surface area contributed by atoms with Gasteiger partial charge in [-0.15, -0.1) is 0 Å². The lowest BCUT2D eigenvalue weighted by Gasteiger charge is -2.26. The lowest BCUT2D eigenvalue weighted by Crippen LogP contribution is -2.37. The molecule has 1 saturated heterocycles. The maximum atomic E-state index is 14.0. The third kappa shape index (κ3) is 4.34. The van der Waals surface area contributed by atoms with Crippen LogP contribution < -0.4 is 24.5 Å². The number of carbonyl (C=O) groups excluding carboxylic acids is 1. The third-order valence-electron chi connectivity index (χ3n) is 7.29. The summed E-state index contributed by atoms with van der Waals surface area (Å²) in [6.07, 6.45) is 1.57. The van der Waals surface area contributed by atoms with Crippen LogP contribution in [0.5, 0.6) is 23.0 Å². The van der Waals surface area contributed by atoms with Crippen molar-refractivity contribution in [3.05, 3.63) is 45.7 Å². The Balaban J connectivity index is 1.49. The van der Waals surface area contributed by atoms with Gasteiger partial charge in [0.05, 0.1) is 43.6 Å². The average molecular weight is 585 g/mol. The van der Waals surface area contributed by atoms with Crippen LogP contribution in [0.1, 0.15) is 28.8 Å². The van der Waals surface area contributed by atoms with E-state index < -0.39 is 0 Å². The van der Waals surface area contributed by atoms with Gasteiger partial charge in [-0.1, -0.05) is 15.9 Å². The highest BCUT2D eigenvalue weighted by Crippen LogP contribution is 2.47. The van der Waals surface area contributed by atoms with Crippen molar-refractivity contribution >= 4 is 32.5 Å². The van der Waals surface area contributed by atoms with Crippen LogP contribution in [0, 0.1) is 0 Å². The fraction of sp³-hybridized carbons (Fsp3) is 0.429. The van der Waals surface area contributed by atoms with Crippen LogP contribution >= 0.6 is 15.9 Å². The molecular weight excluding hydrogens is 556 g/mol. The predicted molar refractivity (Wildman–Crippen MR) is 146 cm³/mol. The van der Waals surface area contributed by atoms with Gasteiger partial charge in [0.25, 0.3) is 5.56 Å². The van der Waals surface area contributed by atoms with Gasteiger partial charge in [0.15, 0.2) is 28.8 Å². The number of hydrogen-bond donors (Lipinski definition) is 0. The molecule has 0 unspecified atom stereocenters. The number of benzene rings is 2. The highest BCUT2D eigenvalue weighted by Gasteiger charge is 2.35. The van der Waals surface area contributed by atoms with Gasteiger partial charge in [-0.2, -0.15) is 0 Å². The van der Waals surface area contributed by atoms with Crippen molar-refractivity contribution < 1.29 is 28.5 Å². The van der Waals surface area contributed by atoms with Gasteiger partial charge in [0.1, 0.15) is 0 Å². The lowest BCUT2D eigenvalue weighted by atomic mass is 10.0. The number of hydrogen-bond acceptors (Lipinski definition) is 8. The third-order valence-corrected chi connectivity index (χ3v) is 7.85. The molecule has 2 aromatic carbocycles. The molecule has 0 N–H and O–H groups in total. The molecule has 1 aromatic heterocycles. The van der Waals surface area contributed by atoms with Crippen molar-refractivity contribution in [1.82, 2.24) is 9.47 Å². The number of pyridine rings is 1. The number of methoxy groups -OCH3 is 1. The molecule has 0 bridgehead atoms. The van der Waals surface area contributed by atoms with E-state index in [1.807, 2.05) is 6.07 Å². The fourth-order valence-electron chi connectivity index (χ4n) is 5.42. The first-order chi connectivity index (χ1) is 18.6. The molecular formula is C28H29BrN2O7. The number of nitrogens with zero attached hydrogens (tertiary/aromatic N) is 2. The smallest absolute Gasteiger partial charge is 0.259 e. The number of alkyl halides is 1. The molecule has 0 amide bonds. The van der Waals surface area contributed by atoms with Gasteiger partial charge in [0, 0.05) is 48.0 Å². The monoisotopic (exact) mass is 584 g/mol. The van der Waals surface area contributed by atoms with Crippen LogP contribution in [0.15, 0.2) is 29.1 Å². The van der Waals surface area contributed by atoms with Crippen LogP contribution in [0.2, 0.25) is 0 Å². The van der Waals surface area contributed by atoms with Crippen LogP contribution in [-0.2, 0) is 11.3 Å². The molecule has 9 nitrogen and oxygen atoms in total. The van der Waals surface area contributed by atoms with E-state index in [1.54, 1.807) is 29.9 Å². The van der Waals surface area contributed by atoms with E-state index in [0.29, 0.717) is 69.3 Å². The van der Waals surface area contributed by atoms with Crippen LogP contribution in [0.4, 0.5) is 0 Å². The number of rotatable bonds is 9. The topological polar surface area (TPSA) is 88.5 Å². The highest BCUT2D eigenvalue weighted by molar-refractivity contribution is 9.09. The van der Waals surface area contributed by atoms with Gasteiger partial charge < -0.3 is 28.3 Å². The molecule has 1 aliphatic carbocycles. The van der Waals surface area contributed by atoms with Crippen LogP contribution in [-0.4, -0.2) is 73.9 Å². The van der Waals surface area contributed by atoms with Crippen molar-refractivity contribution in [2.45, 2.75) is 19.4 Å². The Morgan fingerprint density at radius 1 is 0.921 bits per heavy atom. The molecule has 0 radical (unpaired) electrons. The second-order valence-corrected chi connectivity index (χ2v) is 10.3. The van der Waals surface area contributed by atoms with Gasteiger partial charge in [0.2, 0.25) is 6.79 Å². The average Bonchev–Trinajstić information content (AvgIpc) is 3.51. The first-order valence-corrected chi connectivity index (χ1v) is 14.0. The first-order valence-electron chi connectivity index (χ1n) is 12.9. The zero-order valence-electron chi connectivity index (χ0n) is 21.2. The number of morpholine rings is 1. The quantitative estimate of drug-likeness (QED) is 0.217. The van der Waals surface area contributed by atoms with Crippen molar-refractivity contribution in [2.24, 2.45) is 0 Å². The summed E-state index contributed by atoms with van der Waals surface area (Å²) in [4.78, 5) is 30.3. The minimum absolute atomic E-state index is 0.109. The van der Waals surface area contributed by atoms with Crippen molar-refractivity contribution in [3.8, 4) is 34.3 Å². The second kappa shape index (κ2) is 10.6. The summed E-state index contributed by atoms with van der Waals surface area (Å²) in [5, 5.41) is 1.80. The Morgan fingerprint density at radius 3 is 2.39 bits per heavy atom. The Kier molecular flexibility index (Phi) is 7.03. The minimum atomic E-state index is -0.163. The van der Waals surface area contributed by atoms with Crippen molar-refractivity contribution in [3.63, 3.8) is 0 Å². The summed E-state index contributed by atoms with van der Waals surface area (Å²) >= 11 is 3.42. The molecule has 2 aliphatic heterocycles. The molecule has 0 saturated carbocycles. The Morgan fingerprint density at radius 2 is 1.66 bits per heavy atom. The van der Waals surface area contributed by atoms with E-state index in [-0.39, 0.29) is 18.1 Å². The summed E-state index contributed by atoms with van der Waals surface area (Å²) in [5.41, 5.74) is 2.16. The standard InChI is InChI=1S/C28H29BrN2O7/c1-34-21-15-20-17(12-22(21)36-9-2-4-29)25-26(18-13-23-24(38-16-37-23)14-19(18)27(25)32)31(28(20)33)6-3-5-30-7-10-35-11-8-30/h12-15H,2-11,16H2,1H3. The number of fused-ring (bicyclic) bond motifs is 6. The summed E-state index contributed by atoms with van der Waals surface area (Å²) < 4.78 is 29.9. The molecule has 38 heavy (non-hydrogen) atoms. The molecule has 0 spiro atoms. The molecule has 3 aromatic rings. The van der Waals surface area contributed by atoms with Crippen LogP contribution in [0.3, 0.4) is 0 Å². The minimum Gasteiger partial charge on any atom is -0.493 e. The Bertz CT molecular complexity index is 1460. The van der Waals surface area contributed by atoms with E-state index in [1.165, 1.54) is 0 Å². The maximum Gasteiger partial charge on any atom is 0.259 e. The summed E-state index contributed by atoms with van der Waals surface area (Å²) in [6.45, 7) is 5.10. The van der Waals surface area contributed by atoms with Crippen molar-refractivity contribution in [2.75, 3.05) is 58.7 Å². The van der Waals surface area contributed by atoms with Crippen molar-refractivity contribution in [1.29, 1.82) is 0 Å². The van der Waals surface area contributed by atoms with Gasteiger partial charge >= 0.3 is 0 Å². The summed E-state index contributed by atoms with van der Waals surface area (Å²) in [7, 11) is 1.55. The SMILES string of the molecule is COc1cc2c(=O)n(CCCN3CCOCC3)c3c(c2cc1OCCCBr)C(=O)c1cc2c(cc1-3)OCO2. The van der Waals surface area contributed by atoms with Gasteiger partial charge in [-0.05, 0) is 37.1 Å². The molecule has 0 atom stereocenters. The molecule has 3 heterocycles. The largest absolute Gasteiger partial charge is 0.493 e. The number of halogens is 1. The van der Waals surface area contributed by atoms with Gasteiger partial charge in [-0.3, -0.25) is 14.5 Å². The van der Waals surface area contributed by atoms with E-state index in [2.05, 4.69) is 20.8 Å². The first kappa shape index (κ1) is 25.2. The molecule has 1 fully saturated rings. The number of ether oxygens (including phenoxy) is 5. The normalized spacial score (nSPS) is 16.1. The lowest BCUT2D eigenvalue weighted by molar-refractivity contribution is 0.0369. The Hall–Kier alpha value is -3.08. The number of ketones is 1. The van der Waals surface area contributed by atoms with E-state index in [9.17, 15) is 9.59 Å². The van der Waals surface area contributed by atoms with E-state index in [0.717, 1.165) is 51.0 Å². The predicted octanol–water partition coefficient (Wildman–Crippen LogP) is 3.84. The number of aromatic nitrogens is 1. The van der Waals surface area contributed by atoms with Crippen LogP contribution in [0.25, 0.3) is 22.0 Å². The summed E-state index contributed by atoms with van der Waals surface area (Å²) in [5.74, 6) is 1.94. The number of carbonyl (C=O) groups is 1. The molecule has 200 valence electrons. The van der Waals surface area contributed by atoms with Gasteiger partial charge in [-0.25, -0.2) is 0 Å². The second-order valence-electron chi connectivity index (χ2n) is 9.51. The zero-order valence-corrected chi connectivity index (χ0v) is 22.8. The van der Waals surface area contributed by atoms with E-state index >= 15 is 0 Å².